The molecule has 0 atom stereocenters. The number of pyridine rings is 1. The molecule has 7 heteroatoms. The minimum Gasteiger partial charge on any atom is -0.495 e. The van der Waals surface area contributed by atoms with Crippen molar-refractivity contribution in [2.24, 2.45) is 11.8 Å². The van der Waals surface area contributed by atoms with E-state index >= 15 is 0 Å². The van der Waals surface area contributed by atoms with E-state index in [4.69, 9.17) is 19.1 Å². The third-order valence-electron chi connectivity index (χ3n) is 9.22. The van der Waals surface area contributed by atoms with E-state index in [0.717, 1.165) is 97.8 Å². The number of aromatic nitrogens is 2. The predicted molar refractivity (Wildman–Crippen MR) is 154 cm³/mol. The van der Waals surface area contributed by atoms with Gasteiger partial charge in [-0.2, -0.15) is 0 Å². The van der Waals surface area contributed by atoms with Crippen molar-refractivity contribution in [1.82, 2.24) is 9.97 Å². The maximum Gasteiger partial charge on any atom is 0.230 e. The molecule has 2 aromatic heterocycles. The number of nitrogens with zero attached hydrogens (tertiary/aromatic N) is 3. The molecule has 3 saturated carbocycles. The average molecular weight is 544 g/mol. The third-order valence-corrected chi connectivity index (χ3v) is 9.22. The highest BCUT2D eigenvalue weighted by Gasteiger charge is 2.33. The summed E-state index contributed by atoms with van der Waals surface area (Å²) in [6.45, 7) is 2.79. The highest BCUT2D eigenvalue weighted by molar-refractivity contribution is 5.95. The minimum absolute atomic E-state index is 0.0385. The van der Waals surface area contributed by atoms with Gasteiger partial charge in [-0.3, -0.25) is 9.78 Å². The zero-order valence-electron chi connectivity index (χ0n) is 23.7. The Labute approximate surface area is 237 Å². The van der Waals surface area contributed by atoms with E-state index in [9.17, 15) is 9.90 Å². The molecule has 7 nitrogen and oxygen atoms in total. The van der Waals surface area contributed by atoms with Crippen molar-refractivity contribution in [1.29, 1.82) is 0 Å². The first kappa shape index (κ1) is 27.0. The molecule has 3 aromatic rings. The monoisotopic (exact) mass is 543 g/mol. The summed E-state index contributed by atoms with van der Waals surface area (Å²) < 4.78 is 11.2. The summed E-state index contributed by atoms with van der Waals surface area (Å²) in [4.78, 5) is 25.5. The van der Waals surface area contributed by atoms with Gasteiger partial charge in [0.05, 0.1) is 19.4 Å². The predicted octanol–water partition coefficient (Wildman–Crippen LogP) is 6.79. The van der Waals surface area contributed by atoms with E-state index in [1.165, 1.54) is 0 Å². The van der Waals surface area contributed by atoms with Crippen LogP contribution >= 0.6 is 0 Å². The van der Waals surface area contributed by atoms with Crippen LogP contribution in [0.2, 0.25) is 0 Å². The lowest BCUT2D eigenvalue weighted by molar-refractivity contribution is -0.124. The molecular formula is C33H41N3O4. The molecule has 0 unspecified atom stereocenters. The molecule has 0 radical (unpaired) electrons. The molecule has 0 bridgehead atoms. The topological polar surface area (TPSA) is 88.7 Å². The van der Waals surface area contributed by atoms with Crippen LogP contribution in [0.25, 0.3) is 11.3 Å². The number of methoxy groups -OCH3 is 1. The van der Waals surface area contributed by atoms with Gasteiger partial charge in [0.15, 0.2) is 5.89 Å². The SMILES string of the molecule is COc1cnc(C2CCC(CN(C(=O)C3CCC(O)CC3)c3cccc(-c4coc(C5CC5)n4)c3)CC2)cc1C. The van der Waals surface area contributed by atoms with E-state index in [1.807, 2.05) is 23.2 Å². The van der Waals surface area contributed by atoms with Gasteiger partial charge in [-0.1, -0.05) is 12.1 Å². The Hall–Kier alpha value is -3.19. The second-order valence-corrected chi connectivity index (χ2v) is 12.1. The molecule has 40 heavy (non-hydrogen) atoms. The van der Waals surface area contributed by atoms with Crippen LogP contribution in [0.1, 0.15) is 93.2 Å². The highest BCUT2D eigenvalue weighted by atomic mass is 16.5. The molecule has 0 aliphatic heterocycles. The molecule has 0 spiro atoms. The fourth-order valence-corrected chi connectivity index (χ4v) is 6.54. The number of benzene rings is 1. The standard InChI is InChI=1S/C33H41N3O4/c1-21-16-29(34-18-31(21)39-2)23-8-6-22(7-9-23)19-36(33(38)25-12-14-28(37)15-13-25)27-5-3-4-26(17-27)30-20-40-32(35-30)24-10-11-24/h3-5,16-18,20,22-25,28,37H,6-15,19H2,1-2H3. The summed E-state index contributed by atoms with van der Waals surface area (Å²) >= 11 is 0. The minimum atomic E-state index is -0.279. The number of aliphatic hydroxyl groups excluding tert-OH is 1. The second-order valence-electron chi connectivity index (χ2n) is 12.1. The first-order valence-electron chi connectivity index (χ1n) is 15.0. The summed E-state index contributed by atoms with van der Waals surface area (Å²) in [6.07, 6.45) is 12.8. The maximum absolute atomic E-state index is 14.0. The number of carbonyl (C=O) groups is 1. The van der Waals surface area contributed by atoms with Gasteiger partial charge in [0.25, 0.3) is 0 Å². The van der Waals surface area contributed by atoms with Gasteiger partial charge < -0.3 is 19.2 Å². The summed E-state index contributed by atoms with van der Waals surface area (Å²) in [6, 6.07) is 10.4. The van der Waals surface area contributed by atoms with Gasteiger partial charge in [-0.05, 0) is 101 Å². The molecule has 3 aliphatic carbocycles. The van der Waals surface area contributed by atoms with Crippen LogP contribution in [0.15, 0.2) is 47.2 Å². The quantitative estimate of drug-likeness (QED) is 0.337. The number of carbonyl (C=O) groups excluding carboxylic acids is 1. The number of oxazole rings is 1. The van der Waals surface area contributed by atoms with Crippen molar-refractivity contribution < 1.29 is 19.1 Å². The van der Waals surface area contributed by atoms with Gasteiger partial charge in [0.1, 0.15) is 17.7 Å². The molecule has 0 saturated heterocycles. The largest absolute Gasteiger partial charge is 0.495 e. The fourth-order valence-electron chi connectivity index (χ4n) is 6.54. The molecular weight excluding hydrogens is 502 g/mol. The zero-order chi connectivity index (χ0) is 27.6. The number of aliphatic hydroxyl groups is 1. The van der Waals surface area contributed by atoms with Crippen molar-refractivity contribution in [2.75, 3.05) is 18.6 Å². The van der Waals surface area contributed by atoms with Crippen LogP contribution in [0.3, 0.4) is 0 Å². The van der Waals surface area contributed by atoms with Crippen LogP contribution < -0.4 is 9.64 Å². The first-order valence-corrected chi connectivity index (χ1v) is 15.0. The van der Waals surface area contributed by atoms with Gasteiger partial charge >= 0.3 is 0 Å². The molecule has 3 fully saturated rings. The zero-order valence-corrected chi connectivity index (χ0v) is 23.7. The Balaban J connectivity index is 1.19. The number of rotatable bonds is 8. The summed E-state index contributed by atoms with van der Waals surface area (Å²) in [5.41, 5.74) is 5.02. The second kappa shape index (κ2) is 11.7. The summed E-state index contributed by atoms with van der Waals surface area (Å²) in [7, 11) is 1.68. The maximum atomic E-state index is 14.0. The Kier molecular flexibility index (Phi) is 7.92. The number of aryl methyl sites for hydroxylation is 1. The lowest BCUT2D eigenvalue weighted by Gasteiger charge is -2.35. The van der Waals surface area contributed by atoms with Crippen LogP contribution in [0, 0.1) is 18.8 Å². The summed E-state index contributed by atoms with van der Waals surface area (Å²) in [5, 5.41) is 10.0. The lowest BCUT2D eigenvalue weighted by Crippen LogP contribution is -2.41. The van der Waals surface area contributed by atoms with Crippen molar-refractivity contribution in [2.45, 2.75) is 89.1 Å². The van der Waals surface area contributed by atoms with Gasteiger partial charge in [-0.25, -0.2) is 4.98 Å². The number of anilines is 1. The van der Waals surface area contributed by atoms with Crippen LogP contribution in [-0.4, -0.2) is 40.7 Å². The molecule has 3 aliphatic rings. The van der Waals surface area contributed by atoms with E-state index < -0.39 is 0 Å². The van der Waals surface area contributed by atoms with Crippen molar-refractivity contribution in [3.8, 4) is 17.0 Å². The van der Waals surface area contributed by atoms with Gasteiger partial charge in [-0.15, -0.1) is 0 Å². The van der Waals surface area contributed by atoms with Crippen molar-refractivity contribution in [3.05, 3.63) is 59.9 Å². The Morgan fingerprint density at radius 1 is 1.02 bits per heavy atom. The molecule has 212 valence electrons. The number of hydrogen-bond donors (Lipinski definition) is 1. The number of hydrogen-bond acceptors (Lipinski definition) is 6. The highest BCUT2D eigenvalue weighted by Crippen LogP contribution is 2.41. The lowest BCUT2D eigenvalue weighted by atomic mass is 9.79. The van der Waals surface area contributed by atoms with Crippen LogP contribution in [-0.2, 0) is 4.79 Å². The van der Waals surface area contributed by atoms with E-state index in [0.29, 0.717) is 30.6 Å². The molecule has 2 heterocycles. The Morgan fingerprint density at radius 3 is 2.48 bits per heavy atom. The Bertz CT molecular complexity index is 1320. The van der Waals surface area contributed by atoms with Crippen LogP contribution in [0.5, 0.6) is 5.75 Å². The van der Waals surface area contributed by atoms with E-state index in [2.05, 4.69) is 25.1 Å². The third kappa shape index (κ3) is 5.95. The van der Waals surface area contributed by atoms with Gasteiger partial charge in [0.2, 0.25) is 5.91 Å². The van der Waals surface area contributed by atoms with Crippen LogP contribution in [0.4, 0.5) is 5.69 Å². The van der Waals surface area contributed by atoms with E-state index in [-0.39, 0.29) is 17.9 Å². The smallest absolute Gasteiger partial charge is 0.230 e. The fraction of sp³-hybridized carbons (Fsp3) is 0.545. The number of amides is 1. The normalized spacial score (nSPS) is 25.0. The molecule has 1 aromatic carbocycles. The first-order chi connectivity index (χ1) is 19.5. The molecule has 6 rings (SSSR count). The van der Waals surface area contributed by atoms with E-state index in [1.54, 1.807) is 13.4 Å². The van der Waals surface area contributed by atoms with Gasteiger partial charge in [0, 0.05) is 41.2 Å². The Morgan fingerprint density at radius 2 is 1.77 bits per heavy atom. The number of ether oxygens (including phenoxy) is 1. The molecule has 1 N–H and O–H groups in total. The van der Waals surface area contributed by atoms with Crippen molar-refractivity contribution in [3.63, 3.8) is 0 Å². The molecule has 1 amide bonds. The summed E-state index contributed by atoms with van der Waals surface area (Å²) in [5.74, 6) is 3.15. The van der Waals surface area contributed by atoms with Crippen molar-refractivity contribution >= 4 is 11.6 Å². The average Bonchev–Trinajstić information content (AvgIpc) is 3.72.